The quantitative estimate of drug-likeness (QED) is 0.740. The fraction of sp³-hybridized carbons (Fsp3) is 0.417. The summed E-state index contributed by atoms with van der Waals surface area (Å²) < 4.78 is 0. The molecule has 0 saturated carbocycles. The molecule has 88 valence electrons. The van der Waals surface area contributed by atoms with Crippen LogP contribution in [0.2, 0.25) is 0 Å². The van der Waals surface area contributed by atoms with E-state index in [1.54, 1.807) is 17.2 Å². The molecule has 1 aromatic rings. The van der Waals surface area contributed by atoms with E-state index >= 15 is 0 Å². The lowest BCUT2D eigenvalue weighted by Gasteiger charge is -2.19. The van der Waals surface area contributed by atoms with Gasteiger partial charge in [0.25, 0.3) is 0 Å². The summed E-state index contributed by atoms with van der Waals surface area (Å²) in [6, 6.07) is 8.94. The normalized spacial score (nSPS) is 10.4. The monoisotopic (exact) mass is 222 g/mol. The highest BCUT2D eigenvalue weighted by Gasteiger charge is 2.11. The van der Waals surface area contributed by atoms with Crippen molar-refractivity contribution in [3.8, 4) is 0 Å². The smallest absolute Gasteiger partial charge is 0.357 e. The summed E-state index contributed by atoms with van der Waals surface area (Å²) >= 11 is 0. The Kier molecular flexibility index (Phi) is 5.53. The van der Waals surface area contributed by atoms with Gasteiger partial charge in [0, 0.05) is 19.6 Å². The summed E-state index contributed by atoms with van der Waals surface area (Å²) in [7, 11) is 0. The molecule has 0 atom stereocenters. The van der Waals surface area contributed by atoms with Gasteiger partial charge in [-0.15, -0.1) is 5.06 Å². The van der Waals surface area contributed by atoms with Gasteiger partial charge in [-0.3, -0.25) is 0 Å². The second-order valence-electron chi connectivity index (χ2n) is 3.46. The Hall–Kier alpha value is -1.39. The molecule has 16 heavy (non-hydrogen) atoms. The number of hydrogen-bond donors (Lipinski definition) is 1. The minimum absolute atomic E-state index is 0.331. The maximum absolute atomic E-state index is 11.7. The molecule has 1 aromatic carbocycles. The highest BCUT2D eigenvalue weighted by Crippen LogP contribution is 2.03. The van der Waals surface area contributed by atoms with E-state index in [0.29, 0.717) is 25.2 Å². The molecule has 0 aliphatic rings. The van der Waals surface area contributed by atoms with Crippen LogP contribution in [0.1, 0.15) is 23.7 Å². The molecule has 0 amide bonds. The minimum Gasteiger partial charge on any atom is -0.364 e. The van der Waals surface area contributed by atoms with Crippen LogP contribution in [0.4, 0.5) is 0 Å². The van der Waals surface area contributed by atoms with E-state index in [-0.39, 0.29) is 5.97 Å². The number of carbonyl (C=O) groups is 1. The number of nitrogens with two attached hydrogens (primary N) is 1. The van der Waals surface area contributed by atoms with Gasteiger partial charge in [-0.2, -0.15) is 0 Å². The van der Waals surface area contributed by atoms with Gasteiger partial charge < -0.3 is 10.6 Å². The Morgan fingerprint density at radius 1 is 1.31 bits per heavy atom. The average Bonchev–Trinajstić information content (AvgIpc) is 2.31. The maximum atomic E-state index is 11.7. The topological polar surface area (TPSA) is 55.6 Å². The van der Waals surface area contributed by atoms with Crippen LogP contribution < -0.4 is 5.73 Å². The lowest BCUT2D eigenvalue weighted by molar-refractivity contribution is -0.107. The molecule has 2 N–H and O–H groups in total. The summed E-state index contributed by atoms with van der Waals surface area (Å²) in [5.41, 5.74) is 6.00. The van der Waals surface area contributed by atoms with Crippen LogP contribution in [0.3, 0.4) is 0 Å². The van der Waals surface area contributed by atoms with Crippen molar-refractivity contribution in [2.45, 2.75) is 13.3 Å². The zero-order valence-corrected chi connectivity index (χ0v) is 9.56. The molecule has 0 radical (unpaired) electrons. The van der Waals surface area contributed by atoms with Gasteiger partial charge in [0.05, 0.1) is 5.56 Å². The molecule has 0 saturated heterocycles. The molecular formula is C12H18N2O2. The van der Waals surface area contributed by atoms with E-state index in [1.807, 2.05) is 25.1 Å². The molecule has 4 heteroatoms. The fourth-order valence-corrected chi connectivity index (χ4v) is 1.34. The van der Waals surface area contributed by atoms with E-state index in [0.717, 1.165) is 6.42 Å². The first-order valence-electron chi connectivity index (χ1n) is 5.50. The number of benzene rings is 1. The molecule has 1 rings (SSSR count). The molecule has 0 aliphatic heterocycles. The van der Waals surface area contributed by atoms with Crippen LogP contribution in [-0.2, 0) is 4.84 Å². The van der Waals surface area contributed by atoms with Gasteiger partial charge in [-0.05, 0) is 18.6 Å². The van der Waals surface area contributed by atoms with Crippen LogP contribution in [0.15, 0.2) is 30.3 Å². The van der Waals surface area contributed by atoms with Crippen LogP contribution >= 0.6 is 0 Å². The van der Waals surface area contributed by atoms with E-state index in [9.17, 15) is 4.79 Å². The van der Waals surface area contributed by atoms with E-state index in [4.69, 9.17) is 10.6 Å². The Labute approximate surface area is 95.9 Å². The van der Waals surface area contributed by atoms with Crippen molar-refractivity contribution in [1.82, 2.24) is 5.06 Å². The summed E-state index contributed by atoms with van der Waals surface area (Å²) in [5.74, 6) is -0.331. The molecule has 0 aliphatic carbocycles. The number of rotatable bonds is 6. The predicted molar refractivity (Wildman–Crippen MR) is 62.8 cm³/mol. The van der Waals surface area contributed by atoms with Crippen molar-refractivity contribution in [2.24, 2.45) is 5.73 Å². The Morgan fingerprint density at radius 2 is 2.00 bits per heavy atom. The summed E-state index contributed by atoms with van der Waals surface area (Å²) in [6.07, 6.45) is 0.919. The standard InChI is InChI=1S/C12H18N2O2/c1-2-9-14(10-8-13)16-12(15)11-6-4-3-5-7-11/h3-7H,2,8-10,13H2,1H3. The molecular weight excluding hydrogens is 204 g/mol. The van der Waals surface area contributed by atoms with Crippen molar-refractivity contribution < 1.29 is 9.63 Å². The van der Waals surface area contributed by atoms with Crippen LogP contribution in [0.25, 0.3) is 0 Å². The van der Waals surface area contributed by atoms with Crippen molar-refractivity contribution in [3.63, 3.8) is 0 Å². The third-order valence-corrected chi connectivity index (χ3v) is 2.07. The number of hydroxylamine groups is 2. The van der Waals surface area contributed by atoms with Crippen LogP contribution in [-0.4, -0.2) is 30.7 Å². The van der Waals surface area contributed by atoms with E-state index in [2.05, 4.69) is 0 Å². The number of hydrogen-bond acceptors (Lipinski definition) is 4. The van der Waals surface area contributed by atoms with Gasteiger partial charge in [0.1, 0.15) is 0 Å². The zero-order valence-electron chi connectivity index (χ0n) is 9.56. The molecule has 0 fully saturated rings. The van der Waals surface area contributed by atoms with Crippen molar-refractivity contribution in [1.29, 1.82) is 0 Å². The fourth-order valence-electron chi connectivity index (χ4n) is 1.34. The average molecular weight is 222 g/mol. The van der Waals surface area contributed by atoms with Gasteiger partial charge in [0.2, 0.25) is 0 Å². The second kappa shape index (κ2) is 6.98. The predicted octanol–water partition coefficient (Wildman–Crippen LogP) is 1.43. The zero-order chi connectivity index (χ0) is 11.8. The van der Waals surface area contributed by atoms with E-state index < -0.39 is 0 Å². The molecule has 4 nitrogen and oxygen atoms in total. The van der Waals surface area contributed by atoms with Crippen molar-refractivity contribution in [3.05, 3.63) is 35.9 Å². The SMILES string of the molecule is CCCN(CCN)OC(=O)c1ccccc1. The first kappa shape index (κ1) is 12.7. The Morgan fingerprint density at radius 3 is 2.56 bits per heavy atom. The van der Waals surface area contributed by atoms with Crippen LogP contribution in [0.5, 0.6) is 0 Å². The minimum atomic E-state index is -0.331. The number of nitrogens with zero attached hydrogens (tertiary/aromatic N) is 1. The Balaban J connectivity index is 2.54. The molecule has 0 heterocycles. The van der Waals surface area contributed by atoms with E-state index in [1.165, 1.54) is 0 Å². The highest BCUT2D eigenvalue weighted by atomic mass is 16.7. The van der Waals surface area contributed by atoms with Gasteiger partial charge in [-0.25, -0.2) is 4.79 Å². The first-order valence-corrected chi connectivity index (χ1v) is 5.50. The van der Waals surface area contributed by atoms with Crippen molar-refractivity contribution >= 4 is 5.97 Å². The maximum Gasteiger partial charge on any atom is 0.357 e. The Bertz CT molecular complexity index is 308. The first-order chi connectivity index (χ1) is 7.77. The summed E-state index contributed by atoms with van der Waals surface area (Å²) in [6.45, 7) is 3.77. The molecule has 0 spiro atoms. The van der Waals surface area contributed by atoms with Gasteiger partial charge >= 0.3 is 5.97 Å². The van der Waals surface area contributed by atoms with Gasteiger partial charge in [-0.1, -0.05) is 25.1 Å². The lowest BCUT2D eigenvalue weighted by Crippen LogP contribution is -2.32. The number of carbonyl (C=O) groups excluding carboxylic acids is 1. The second-order valence-corrected chi connectivity index (χ2v) is 3.46. The largest absolute Gasteiger partial charge is 0.364 e. The molecule has 0 unspecified atom stereocenters. The lowest BCUT2D eigenvalue weighted by atomic mass is 10.2. The highest BCUT2D eigenvalue weighted by molar-refractivity contribution is 5.89. The molecule has 0 bridgehead atoms. The third kappa shape index (κ3) is 4.00. The van der Waals surface area contributed by atoms with Gasteiger partial charge in [0.15, 0.2) is 0 Å². The van der Waals surface area contributed by atoms with Crippen molar-refractivity contribution in [2.75, 3.05) is 19.6 Å². The van der Waals surface area contributed by atoms with Crippen LogP contribution in [0, 0.1) is 0 Å². The summed E-state index contributed by atoms with van der Waals surface area (Å²) in [5, 5.41) is 1.61. The molecule has 0 aromatic heterocycles. The third-order valence-electron chi connectivity index (χ3n) is 2.07. The summed E-state index contributed by atoms with van der Waals surface area (Å²) in [4.78, 5) is 16.9.